The van der Waals surface area contributed by atoms with E-state index in [1.165, 1.54) is 0 Å². The number of nitrogens with zero attached hydrogens (tertiary/aromatic N) is 2. The van der Waals surface area contributed by atoms with Gasteiger partial charge in [0, 0.05) is 10.0 Å². The standard InChI is InChI=1S/C13H16BrN3O/c1-13(2,3)10(15)12-16-11(17-18-12)8-5-4-6-9(14)7-8/h4-7,10H,15H2,1-3H3/t10-/m1/s1. The highest BCUT2D eigenvalue weighted by Crippen LogP contribution is 2.30. The number of aromatic nitrogens is 2. The second-order valence-corrected chi connectivity index (χ2v) is 6.23. The maximum absolute atomic E-state index is 6.09. The van der Waals surface area contributed by atoms with Crippen LogP contribution in [-0.4, -0.2) is 10.1 Å². The van der Waals surface area contributed by atoms with Gasteiger partial charge < -0.3 is 10.3 Å². The summed E-state index contributed by atoms with van der Waals surface area (Å²) in [6.07, 6.45) is 0. The van der Waals surface area contributed by atoms with Gasteiger partial charge >= 0.3 is 0 Å². The molecule has 0 unspecified atom stereocenters. The molecule has 0 aliphatic carbocycles. The number of benzene rings is 1. The van der Waals surface area contributed by atoms with Gasteiger partial charge in [0.1, 0.15) is 0 Å². The van der Waals surface area contributed by atoms with Crippen LogP contribution in [0.5, 0.6) is 0 Å². The Morgan fingerprint density at radius 2 is 2.06 bits per heavy atom. The first-order valence-electron chi connectivity index (χ1n) is 5.73. The van der Waals surface area contributed by atoms with E-state index in [2.05, 4.69) is 26.1 Å². The summed E-state index contributed by atoms with van der Waals surface area (Å²) in [4.78, 5) is 4.36. The number of hydrogen-bond acceptors (Lipinski definition) is 4. The third-order valence-corrected chi connectivity index (χ3v) is 3.22. The number of halogens is 1. The number of rotatable bonds is 2. The molecular weight excluding hydrogens is 294 g/mol. The van der Waals surface area contributed by atoms with Gasteiger partial charge in [-0.2, -0.15) is 4.98 Å². The molecule has 4 nitrogen and oxygen atoms in total. The molecule has 0 saturated carbocycles. The van der Waals surface area contributed by atoms with Crippen LogP contribution >= 0.6 is 15.9 Å². The Labute approximate surface area is 115 Å². The minimum atomic E-state index is -0.272. The summed E-state index contributed by atoms with van der Waals surface area (Å²) in [6, 6.07) is 7.48. The fourth-order valence-corrected chi connectivity index (χ4v) is 1.88. The molecule has 0 fully saturated rings. The summed E-state index contributed by atoms with van der Waals surface area (Å²) >= 11 is 3.42. The lowest BCUT2D eigenvalue weighted by Gasteiger charge is -2.23. The molecule has 0 aliphatic heterocycles. The zero-order chi connectivity index (χ0) is 13.3. The van der Waals surface area contributed by atoms with Crippen LogP contribution in [-0.2, 0) is 0 Å². The lowest BCUT2D eigenvalue weighted by atomic mass is 9.87. The van der Waals surface area contributed by atoms with E-state index in [4.69, 9.17) is 10.3 Å². The van der Waals surface area contributed by atoms with Crippen LogP contribution < -0.4 is 5.73 Å². The molecule has 96 valence electrons. The Balaban J connectivity index is 2.31. The van der Waals surface area contributed by atoms with Gasteiger partial charge in [-0.25, -0.2) is 0 Å². The van der Waals surface area contributed by atoms with Gasteiger partial charge in [-0.1, -0.05) is 54.0 Å². The fraction of sp³-hybridized carbons (Fsp3) is 0.385. The molecule has 18 heavy (non-hydrogen) atoms. The van der Waals surface area contributed by atoms with Crippen molar-refractivity contribution >= 4 is 15.9 Å². The lowest BCUT2D eigenvalue weighted by Crippen LogP contribution is -2.26. The highest BCUT2D eigenvalue weighted by molar-refractivity contribution is 9.10. The number of hydrogen-bond donors (Lipinski definition) is 1. The largest absolute Gasteiger partial charge is 0.337 e. The average molecular weight is 310 g/mol. The maximum atomic E-state index is 6.09. The zero-order valence-corrected chi connectivity index (χ0v) is 12.2. The summed E-state index contributed by atoms with van der Waals surface area (Å²) in [6.45, 7) is 6.13. The molecule has 0 bridgehead atoms. The fourth-order valence-electron chi connectivity index (χ4n) is 1.48. The van der Waals surface area contributed by atoms with Crippen molar-refractivity contribution in [2.45, 2.75) is 26.8 Å². The molecule has 2 N–H and O–H groups in total. The molecule has 5 heteroatoms. The van der Waals surface area contributed by atoms with Crippen LogP contribution in [0.3, 0.4) is 0 Å². The van der Waals surface area contributed by atoms with Crippen LogP contribution in [0.15, 0.2) is 33.3 Å². The summed E-state index contributed by atoms with van der Waals surface area (Å²) in [5.74, 6) is 1.03. The van der Waals surface area contributed by atoms with Crippen LogP contribution in [0, 0.1) is 5.41 Å². The van der Waals surface area contributed by atoms with Gasteiger partial charge in [0.2, 0.25) is 11.7 Å². The van der Waals surface area contributed by atoms with E-state index in [9.17, 15) is 0 Å². The Morgan fingerprint density at radius 1 is 1.33 bits per heavy atom. The molecule has 1 aromatic carbocycles. The summed E-state index contributed by atoms with van der Waals surface area (Å²) in [5.41, 5.74) is 6.88. The van der Waals surface area contributed by atoms with E-state index in [0.29, 0.717) is 11.7 Å². The predicted octanol–water partition coefficient (Wildman–Crippen LogP) is 3.55. The van der Waals surface area contributed by atoms with Crippen molar-refractivity contribution in [1.82, 2.24) is 10.1 Å². The average Bonchev–Trinajstić information content (AvgIpc) is 2.75. The van der Waals surface area contributed by atoms with Gasteiger partial charge in [0.15, 0.2) is 0 Å². The van der Waals surface area contributed by atoms with Crippen molar-refractivity contribution in [3.8, 4) is 11.4 Å². The predicted molar refractivity (Wildman–Crippen MR) is 73.8 cm³/mol. The molecule has 0 saturated heterocycles. The normalized spacial score (nSPS) is 13.6. The van der Waals surface area contributed by atoms with Crippen molar-refractivity contribution in [1.29, 1.82) is 0 Å². The summed E-state index contributed by atoms with van der Waals surface area (Å²) in [7, 11) is 0. The minimum Gasteiger partial charge on any atom is -0.337 e. The van der Waals surface area contributed by atoms with E-state index < -0.39 is 0 Å². The van der Waals surface area contributed by atoms with E-state index in [0.717, 1.165) is 10.0 Å². The van der Waals surface area contributed by atoms with Gasteiger partial charge in [0.25, 0.3) is 0 Å². The molecule has 0 aliphatic rings. The van der Waals surface area contributed by atoms with Crippen molar-refractivity contribution in [3.63, 3.8) is 0 Å². The maximum Gasteiger partial charge on any atom is 0.244 e. The SMILES string of the molecule is CC(C)(C)[C@H](N)c1nc(-c2cccc(Br)c2)no1. The van der Waals surface area contributed by atoms with Gasteiger partial charge in [-0.15, -0.1) is 0 Å². The molecule has 1 atom stereocenters. The third kappa shape index (κ3) is 2.79. The third-order valence-electron chi connectivity index (χ3n) is 2.72. The Kier molecular flexibility index (Phi) is 3.54. The lowest BCUT2D eigenvalue weighted by molar-refractivity contribution is 0.253. The monoisotopic (exact) mass is 309 g/mol. The molecule has 1 heterocycles. The highest BCUT2D eigenvalue weighted by Gasteiger charge is 2.27. The van der Waals surface area contributed by atoms with Crippen molar-refractivity contribution in [2.24, 2.45) is 11.1 Å². The highest BCUT2D eigenvalue weighted by atomic mass is 79.9. The van der Waals surface area contributed by atoms with E-state index in [-0.39, 0.29) is 11.5 Å². The van der Waals surface area contributed by atoms with Gasteiger partial charge in [-0.3, -0.25) is 0 Å². The van der Waals surface area contributed by atoms with Crippen LogP contribution in [0.1, 0.15) is 32.7 Å². The van der Waals surface area contributed by atoms with Gasteiger partial charge in [0.05, 0.1) is 6.04 Å². The second kappa shape index (κ2) is 4.82. The van der Waals surface area contributed by atoms with E-state index in [1.807, 2.05) is 45.0 Å². The summed E-state index contributed by atoms with van der Waals surface area (Å²) < 4.78 is 6.22. The van der Waals surface area contributed by atoms with Crippen molar-refractivity contribution < 1.29 is 4.52 Å². The first-order chi connectivity index (χ1) is 8.38. The van der Waals surface area contributed by atoms with Crippen molar-refractivity contribution in [3.05, 3.63) is 34.6 Å². The zero-order valence-electron chi connectivity index (χ0n) is 10.6. The minimum absolute atomic E-state index is 0.110. The topological polar surface area (TPSA) is 64.9 Å². The molecule has 2 rings (SSSR count). The molecule has 0 amide bonds. The summed E-state index contributed by atoms with van der Waals surface area (Å²) in [5, 5.41) is 3.98. The molecule has 0 radical (unpaired) electrons. The van der Waals surface area contributed by atoms with Crippen LogP contribution in [0.2, 0.25) is 0 Å². The van der Waals surface area contributed by atoms with E-state index >= 15 is 0 Å². The first kappa shape index (κ1) is 13.2. The van der Waals surface area contributed by atoms with E-state index in [1.54, 1.807) is 0 Å². The Hall–Kier alpha value is -1.20. The Morgan fingerprint density at radius 3 is 2.67 bits per heavy atom. The smallest absolute Gasteiger partial charge is 0.244 e. The first-order valence-corrected chi connectivity index (χ1v) is 6.52. The molecule has 1 aromatic heterocycles. The molecular formula is C13H16BrN3O. The second-order valence-electron chi connectivity index (χ2n) is 5.31. The van der Waals surface area contributed by atoms with Crippen LogP contribution in [0.25, 0.3) is 11.4 Å². The molecule has 0 spiro atoms. The molecule has 2 aromatic rings. The van der Waals surface area contributed by atoms with Gasteiger partial charge in [-0.05, 0) is 17.5 Å². The van der Waals surface area contributed by atoms with Crippen LogP contribution in [0.4, 0.5) is 0 Å². The number of nitrogens with two attached hydrogens (primary N) is 1. The Bertz CT molecular complexity index is 545. The van der Waals surface area contributed by atoms with Crippen molar-refractivity contribution in [2.75, 3.05) is 0 Å². The quantitative estimate of drug-likeness (QED) is 0.921.